The molecule has 1 atom stereocenters. The SMILES string of the molecule is COc1cc(F)c([C@@H](CCF)N2CCNCC2)c(F)c1.Cl. The minimum absolute atomic E-state index is 0. The molecule has 0 unspecified atom stereocenters. The molecular formula is C14H20ClF3N2O. The molecule has 0 amide bonds. The summed E-state index contributed by atoms with van der Waals surface area (Å²) in [6.45, 7) is 2.16. The molecular weight excluding hydrogens is 305 g/mol. The lowest BCUT2D eigenvalue weighted by Gasteiger charge is -2.35. The first-order valence-electron chi connectivity index (χ1n) is 6.71. The van der Waals surface area contributed by atoms with E-state index >= 15 is 0 Å². The quantitative estimate of drug-likeness (QED) is 0.901. The summed E-state index contributed by atoms with van der Waals surface area (Å²) in [5.74, 6) is -1.24. The first-order chi connectivity index (χ1) is 9.67. The van der Waals surface area contributed by atoms with Gasteiger partial charge in [0.15, 0.2) is 0 Å². The predicted molar refractivity (Wildman–Crippen MR) is 77.9 cm³/mol. The van der Waals surface area contributed by atoms with Crippen molar-refractivity contribution in [2.24, 2.45) is 0 Å². The Morgan fingerprint density at radius 1 is 1.24 bits per heavy atom. The lowest BCUT2D eigenvalue weighted by Crippen LogP contribution is -2.45. The van der Waals surface area contributed by atoms with Gasteiger partial charge in [0.05, 0.1) is 13.8 Å². The van der Waals surface area contributed by atoms with E-state index in [2.05, 4.69) is 5.32 Å². The summed E-state index contributed by atoms with van der Waals surface area (Å²) in [4.78, 5) is 1.92. The zero-order valence-corrected chi connectivity index (χ0v) is 12.7. The number of piperazine rings is 1. The van der Waals surface area contributed by atoms with E-state index in [-0.39, 0.29) is 30.1 Å². The predicted octanol–water partition coefficient (Wildman–Crippen LogP) is 2.70. The minimum Gasteiger partial charge on any atom is -0.497 e. The third-order valence-corrected chi connectivity index (χ3v) is 3.60. The summed E-state index contributed by atoms with van der Waals surface area (Å²) in [6.07, 6.45) is 0.0835. The van der Waals surface area contributed by atoms with Crippen molar-refractivity contribution < 1.29 is 17.9 Å². The Morgan fingerprint density at radius 3 is 2.29 bits per heavy atom. The van der Waals surface area contributed by atoms with Crippen molar-refractivity contribution in [1.29, 1.82) is 0 Å². The van der Waals surface area contributed by atoms with Crippen LogP contribution in [0, 0.1) is 11.6 Å². The molecule has 0 radical (unpaired) electrons. The summed E-state index contributed by atoms with van der Waals surface area (Å²) in [5.41, 5.74) is -0.0645. The number of alkyl halides is 1. The Morgan fingerprint density at radius 2 is 1.81 bits per heavy atom. The van der Waals surface area contributed by atoms with Crippen molar-refractivity contribution in [3.05, 3.63) is 29.3 Å². The van der Waals surface area contributed by atoms with E-state index in [1.807, 2.05) is 4.90 Å². The number of nitrogens with zero attached hydrogens (tertiary/aromatic N) is 1. The van der Waals surface area contributed by atoms with Crippen LogP contribution in [-0.4, -0.2) is 44.9 Å². The standard InChI is InChI=1S/C14H19F3N2O.ClH/c1-20-10-8-11(16)14(12(17)9-10)13(2-3-15)19-6-4-18-5-7-19;/h8-9,13,18H,2-7H2,1H3;1H/t13-;/m1./s1. The zero-order chi connectivity index (χ0) is 14.5. The van der Waals surface area contributed by atoms with E-state index in [4.69, 9.17) is 4.74 Å². The highest BCUT2D eigenvalue weighted by atomic mass is 35.5. The van der Waals surface area contributed by atoms with Crippen molar-refractivity contribution in [2.75, 3.05) is 40.0 Å². The number of rotatable bonds is 5. The molecule has 0 aromatic heterocycles. The van der Waals surface area contributed by atoms with Crippen LogP contribution in [-0.2, 0) is 0 Å². The number of hydrogen-bond acceptors (Lipinski definition) is 3. The van der Waals surface area contributed by atoms with Crippen LogP contribution in [0.15, 0.2) is 12.1 Å². The van der Waals surface area contributed by atoms with Crippen LogP contribution in [0.2, 0.25) is 0 Å². The molecule has 1 aromatic rings. The second kappa shape index (κ2) is 8.46. The number of benzene rings is 1. The average molecular weight is 325 g/mol. The Bertz CT molecular complexity index is 433. The van der Waals surface area contributed by atoms with E-state index in [1.165, 1.54) is 7.11 Å². The average Bonchev–Trinajstić information content (AvgIpc) is 2.46. The molecule has 0 aliphatic carbocycles. The van der Waals surface area contributed by atoms with Gasteiger partial charge in [-0.05, 0) is 6.42 Å². The fraction of sp³-hybridized carbons (Fsp3) is 0.571. The maximum absolute atomic E-state index is 14.1. The molecule has 120 valence electrons. The molecule has 1 aliphatic heterocycles. The smallest absolute Gasteiger partial charge is 0.134 e. The number of ether oxygens (including phenoxy) is 1. The summed E-state index contributed by atoms with van der Waals surface area (Å²) < 4.78 is 45.9. The van der Waals surface area contributed by atoms with Crippen molar-refractivity contribution >= 4 is 12.4 Å². The molecule has 1 saturated heterocycles. The van der Waals surface area contributed by atoms with Crippen LogP contribution in [0.5, 0.6) is 5.75 Å². The van der Waals surface area contributed by atoms with Crippen LogP contribution in [0.4, 0.5) is 13.2 Å². The molecule has 1 heterocycles. The third-order valence-electron chi connectivity index (χ3n) is 3.60. The van der Waals surface area contributed by atoms with Crippen LogP contribution < -0.4 is 10.1 Å². The number of halogens is 4. The maximum atomic E-state index is 14.1. The maximum Gasteiger partial charge on any atom is 0.134 e. The van der Waals surface area contributed by atoms with Gasteiger partial charge in [0.1, 0.15) is 17.4 Å². The largest absolute Gasteiger partial charge is 0.497 e. The number of hydrogen-bond donors (Lipinski definition) is 1. The summed E-state index contributed by atoms with van der Waals surface area (Å²) >= 11 is 0. The van der Waals surface area contributed by atoms with Gasteiger partial charge in [-0.3, -0.25) is 9.29 Å². The van der Waals surface area contributed by atoms with Crippen LogP contribution >= 0.6 is 12.4 Å². The van der Waals surface area contributed by atoms with E-state index in [0.717, 1.165) is 25.2 Å². The Balaban J connectivity index is 0.00000220. The summed E-state index contributed by atoms with van der Waals surface area (Å²) in [5, 5.41) is 3.17. The van der Waals surface area contributed by atoms with Gasteiger partial charge in [0, 0.05) is 49.9 Å². The number of nitrogens with one attached hydrogen (secondary N) is 1. The molecule has 0 bridgehead atoms. The molecule has 1 aromatic carbocycles. The lowest BCUT2D eigenvalue weighted by atomic mass is 10.00. The second-order valence-electron chi connectivity index (χ2n) is 4.78. The highest BCUT2D eigenvalue weighted by molar-refractivity contribution is 5.85. The number of methoxy groups -OCH3 is 1. The highest BCUT2D eigenvalue weighted by Crippen LogP contribution is 2.31. The fourth-order valence-corrected chi connectivity index (χ4v) is 2.60. The molecule has 1 aliphatic rings. The second-order valence-corrected chi connectivity index (χ2v) is 4.78. The van der Waals surface area contributed by atoms with Gasteiger partial charge in [-0.1, -0.05) is 0 Å². The summed E-state index contributed by atoms with van der Waals surface area (Å²) in [7, 11) is 1.35. The molecule has 2 rings (SSSR count). The Hall–Kier alpha value is -0.980. The van der Waals surface area contributed by atoms with Gasteiger partial charge in [0.2, 0.25) is 0 Å². The van der Waals surface area contributed by atoms with E-state index in [9.17, 15) is 13.2 Å². The minimum atomic E-state index is -0.682. The van der Waals surface area contributed by atoms with Gasteiger partial charge < -0.3 is 10.1 Å². The van der Waals surface area contributed by atoms with E-state index in [1.54, 1.807) is 0 Å². The fourth-order valence-electron chi connectivity index (χ4n) is 2.60. The molecule has 1 N–H and O–H groups in total. The Kier molecular flexibility index (Phi) is 7.28. The van der Waals surface area contributed by atoms with E-state index < -0.39 is 24.4 Å². The molecule has 7 heteroatoms. The monoisotopic (exact) mass is 324 g/mol. The van der Waals surface area contributed by atoms with Gasteiger partial charge in [-0.2, -0.15) is 0 Å². The van der Waals surface area contributed by atoms with Crippen LogP contribution in [0.1, 0.15) is 18.0 Å². The molecule has 1 fully saturated rings. The molecule has 0 spiro atoms. The first kappa shape index (κ1) is 18.1. The lowest BCUT2D eigenvalue weighted by molar-refractivity contribution is 0.151. The van der Waals surface area contributed by atoms with Crippen LogP contribution in [0.3, 0.4) is 0 Å². The van der Waals surface area contributed by atoms with Crippen molar-refractivity contribution in [2.45, 2.75) is 12.5 Å². The third kappa shape index (κ3) is 4.25. The van der Waals surface area contributed by atoms with Gasteiger partial charge in [-0.25, -0.2) is 8.78 Å². The normalized spacial score (nSPS) is 17.1. The highest BCUT2D eigenvalue weighted by Gasteiger charge is 2.27. The van der Waals surface area contributed by atoms with Gasteiger partial charge >= 0.3 is 0 Å². The molecule has 0 saturated carbocycles. The van der Waals surface area contributed by atoms with Gasteiger partial charge in [-0.15, -0.1) is 12.4 Å². The van der Waals surface area contributed by atoms with Crippen molar-refractivity contribution in [1.82, 2.24) is 10.2 Å². The van der Waals surface area contributed by atoms with Crippen molar-refractivity contribution in [3.63, 3.8) is 0 Å². The Labute approximate surface area is 128 Å². The van der Waals surface area contributed by atoms with Gasteiger partial charge in [0.25, 0.3) is 0 Å². The topological polar surface area (TPSA) is 24.5 Å². The molecule has 3 nitrogen and oxygen atoms in total. The first-order valence-corrected chi connectivity index (χ1v) is 6.71. The van der Waals surface area contributed by atoms with E-state index in [0.29, 0.717) is 13.1 Å². The van der Waals surface area contributed by atoms with Crippen molar-refractivity contribution in [3.8, 4) is 5.75 Å². The zero-order valence-electron chi connectivity index (χ0n) is 11.9. The van der Waals surface area contributed by atoms with Crippen LogP contribution in [0.25, 0.3) is 0 Å². The molecule has 21 heavy (non-hydrogen) atoms. The summed E-state index contributed by atoms with van der Waals surface area (Å²) in [6, 6.07) is 1.71.